The third-order valence-corrected chi connectivity index (χ3v) is 10.7. The fourth-order valence-electron chi connectivity index (χ4n) is 8.00. The Bertz CT molecular complexity index is 2740. The molecule has 1 aliphatic carbocycles. The van der Waals surface area contributed by atoms with Crippen LogP contribution in [0.3, 0.4) is 0 Å². The highest BCUT2D eigenvalue weighted by Crippen LogP contribution is 2.49. The molecule has 0 saturated heterocycles. The molecule has 0 bridgehead atoms. The average Bonchev–Trinajstić information content (AvgIpc) is 3.66. The zero-order chi connectivity index (χ0) is 34.8. The van der Waals surface area contributed by atoms with Crippen molar-refractivity contribution in [1.82, 2.24) is 19.5 Å². The summed E-state index contributed by atoms with van der Waals surface area (Å²) in [6.45, 7) is 4.67. The van der Waals surface area contributed by atoms with Gasteiger partial charge in [-0.3, -0.25) is 4.57 Å². The third-order valence-electron chi connectivity index (χ3n) is 10.7. The molecule has 0 saturated carbocycles. The van der Waals surface area contributed by atoms with Gasteiger partial charge in [0.1, 0.15) is 0 Å². The highest BCUT2D eigenvalue weighted by molar-refractivity contribution is 6.10. The molecule has 246 valence electrons. The van der Waals surface area contributed by atoms with E-state index in [1.165, 1.54) is 38.9 Å². The molecule has 0 unspecified atom stereocenters. The van der Waals surface area contributed by atoms with Crippen LogP contribution in [-0.2, 0) is 5.41 Å². The van der Waals surface area contributed by atoms with E-state index in [1.807, 2.05) is 60.7 Å². The summed E-state index contributed by atoms with van der Waals surface area (Å²) in [5.41, 5.74) is 14.3. The van der Waals surface area contributed by atoms with Gasteiger partial charge in [-0.2, -0.15) is 9.97 Å². The standard InChI is InChI=1S/C48H34N4/c1-48(2)41-19-11-9-17-37(41)38-27-25-36(30-42(38)48)32-23-21-31(22-24-32)35-26-28-44-40(29-35)39-18-10-12-20-43(39)52(44)47-50-45(33-13-5-3-6-14-33)49-46(51-47)34-15-7-4-8-16-34/h3-30H,1-2H3. The normalized spacial score (nSPS) is 13.0. The molecule has 0 N–H and O–H groups in total. The fraction of sp³-hybridized carbons (Fsp3) is 0.0625. The first kappa shape index (κ1) is 30.2. The van der Waals surface area contributed by atoms with Gasteiger partial charge in [-0.05, 0) is 68.8 Å². The molecule has 2 aromatic heterocycles. The smallest absolute Gasteiger partial charge is 0.238 e. The van der Waals surface area contributed by atoms with Crippen molar-refractivity contribution in [2.24, 2.45) is 0 Å². The lowest BCUT2D eigenvalue weighted by atomic mass is 9.81. The maximum Gasteiger partial charge on any atom is 0.238 e. The summed E-state index contributed by atoms with van der Waals surface area (Å²) in [5, 5.41) is 2.31. The monoisotopic (exact) mass is 666 g/mol. The van der Waals surface area contributed by atoms with Crippen LogP contribution in [0.1, 0.15) is 25.0 Å². The lowest BCUT2D eigenvalue weighted by Crippen LogP contribution is -2.14. The minimum atomic E-state index is -0.0238. The quantitative estimate of drug-likeness (QED) is 0.184. The van der Waals surface area contributed by atoms with Crippen molar-refractivity contribution in [1.29, 1.82) is 0 Å². The topological polar surface area (TPSA) is 43.6 Å². The van der Waals surface area contributed by atoms with Crippen molar-refractivity contribution in [2.75, 3.05) is 0 Å². The van der Waals surface area contributed by atoms with Gasteiger partial charge in [-0.1, -0.05) is 159 Å². The van der Waals surface area contributed by atoms with E-state index in [0.29, 0.717) is 17.6 Å². The number of benzene rings is 7. The SMILES string of the molecule is CC1(C)c2ccccc2-c2ccc(-c3ccc(-c4ccc5c(c4)c4ccccc4n5-c4nc(-c5ccccc5)nc(-c5ccccc5)n4)cc3)cc21. The average molecular weight is 667 g/mol. The van der Waals surface area contributed by atoms with E-state index in [9.17, 15) is 0 Å². The lowest BCUT2D eigenvalue weighted by Gasteiger charge is -2.22. The van der Waals surface area contributed by atoms with E-state index in [0.717, 1.165) is 38.5 Å². The number of aromatic nitrogens is 4. The Morgan fingerprint density at radius 2 is 0.904 bits per heavy atom. The van der Waals surface area contributed by atoms with Crippen LogP contribution < -0.4 is 0 Å². The van der Waals surface area contributed by atoms with E-state index < -0.39 is 0 Å². The van der Waals surface area contributed by atoms with E-state index in [4.69, 9.17) is 15.0 Å². The van der Waals surface area contributed by atoms with Crippen LogP contribution in [-0.4, -0.2) is 19.5 Å². The third kappa shape index (κ3) is 4.79. The molecule has 4 nitrogen and oxygen atoms in total. The molecule has 0 radical (unpaired) electrons. The molecule has 7 aromatic carbocycles. The number of nitrogens with zero attached hydrogens (tertiary/aromatic N) is 4. The predicted molar refractivity (Wildman–Crippen MR) is 213 cm³/mol. The van der Waals surface area contributed by atoms with Crippen LogP contribution in [0.4, 0.5) is 0 Å². The fourth-order valence-corrected chi connectivity index (χ4v) is 8.00. The van der Waals surface area contributed by atoms with Crippen LogP contribution >= 0.6 is 0 Å². The van der Waals surface area contributed by atoms with Crippen LogP contribution in [0.5, 0.6) is 0 Å². The number of fused-ring (bicyclic) bond motifs is 6. The molecule has 0 atom stereocenters. The highest BCUT2D eigenvalue weighted by atomic mass is 15.2. The van der Waals surface area contributed by atoms with Gasteiger partial charge in [0.05, 0.1) is 11.0 Å². The zero-order valence-corrected chi connectivity index (χ0v) is 29.0. The van der Waals surface area contributed by atoms with Crippen molar-refractivity contribution < 1.29 is 0 Å². The molecule has 2 heterocycles. The minimum Gasteiger partial charge on any atom is -0.278 e. The first-order valence-electron chi connectivity index (χ1n) is 17.8. The van der Waals surface area contributed by atoms with Crippen molar-refractivity contribution >= 4 is 21.8 Å². The van der Waals surface area contributed by atoms with Gasteiger partial charge >= 0.3 is 0 Å². The number of hydrogen-bond donors (Lipinski definition) is 0. The van der Waals surface area contributed by atoms with E-state index in [-0.39, 0.29) is 5.41 Å². The van der Waals surface area contributed by atoms with Crippen molar-refractivity contribution in [3.8, 4) is 62.1 Å². The van der Waals surface area contributed by atoms with Crippen molar-refractivity contribution in [2.45, 2.75) is 19.3 Å². The number of para-hydroxylation sites is 1. The summed E-state index contributed by atoms with van der Waals surface area (Å²) in [7, 11) is 0. The molecule has 4 heteroatoms. The molecule has 9 aromatic rings. The van der Waals surface area contributed by atoms with E-state index in [2.05, 4.69) is 128 Å². The van der Waals surface area contributed by atoms with Gasteiger partial charge in [-0.25, -0.2) is 4.98 Å². The zero-order valence-electron chi connectivity index (χ0n) is 29.0. The van der Waals surface area contributed by atoms with Crippen LogP contribution in [0, 0.1) is 0 Å². The molecule has 0 fully saturated rings. The maximum atomic E-state index is 5.07. The number of hydrogen-bond acceptors (Lipinski definition) is 3. The Labute approximate surface area is 302 Å². The molecule has 0 spiro atoms. The first-order valence-corrected chi connectivity index (χ1v) is 17.8. The van der Waals surface area contributed by atoms with Crippen molar-refractivity contribution in [3.05, 3.63) is 181 Å². The van der Waals surface area contributed by atoms with Crippen molar-refractivity contribution in [3.63, 3.8) is 0 Å². The van der Waals surface area contributed by atoms with Gasteiger partial charge < -0.3 is 0 Å². The van der Waals surface area contributed by atoms with E-state index >= 15 is 0 Å². The van der Waals surface area contributed by atoms with Crippen LogP contribution in [0.15, 0.2) is 170 Å². The maximum absolute atomic E-state index is 5.07. The Hall–Kier alpha value is -6.65. The second-order valence-electron chi connectivity index (χ2n) is 14.1. The van der Waals surface area contributed by atoms with Gasteiger partial charge in [0, 0.05) is 27.3 Å². The first-order chi connectivity index (χ1) is 25.5. The summed E-state index contributed by atoms with van der Waals surface area (Å²) in [6, 6.07) is 60.2. The Kier molecular flexibility index (Phi) is 6.80. The lowest BCUT2D eigenvalue weighted by molar-refractivity contribution is 0.660. The summed E-state index contributed by atoms with van der Waals surface area (Å²) < 4.78 is 2.17. The molecule has 10 rings (SSSR count). The highest BCUT2D eigenvalue weighted by Gasteiger charge is 2.35. The summed E-state index contributed by atoms with van der Waals surface area (Å²) in [6.07, 6.45) is 0. The Morgan fingerprint density at radius 3 is 1.60 bits per heavy atom. The second kappa shape index (κ2) is 11.7. The van der Waals surface area contributed by atoms with Gasteiger partial charge in [-0.15, -0.1) is 0 Å². The predicted octanol–water partition coefficient (Wildman–Crippen LogP) is 11.9. The van der Waals surface area contributed by atoms with Gasteiger partial charge in [0.2, 0.25) is 5.95 Å². The van der Waals surface area contributed by atoms with E-state index in [1.54, 1.807) is 0 Å². The van der Waals surface area contributed by atoms with Crippen LogP contribution in [0.2, 0.25) is 0 Å². The number of rotatable bonds is 5. The Morgan fingerprint density at radius 1 is 0.385 bits per heavy atom. The van der Waals surface area contributed by atoms with Gasteiger partial charge in [0.25, 0.3) is 0 Å². The molecule has 52 heavy (non-hydrogen) atoms. The molecule has 0 amide bonds. The molecular formula is C48H34N4. The summed E-state index contributed by atoms with van der Waals surface area (Å²) in [5.74, 6) is 1.88. The minimum absolute atomic E-state index is 0.0238. The molecule has 1 aliphatic rings. The summed E-state index contributed by atoms with van der Waals surface area (Å²) in [4.78, 5) is 15.1. The summed E-state index contributed by atoms with van der Waals surface area (Å²) >= 11 is 0. The Balaban J connectivity index is 1.06. The molecular weight excluding hydrogens is 633 g/mol. The van der Waals surface area contributed by atoms with Crippen LogP contribution in [0.25, 0.3) is 83.9 Å². The molecule has 0 aliphatic heterocycles. The van der Waals surface area contributed by atoms with Gasteiger partial charge in [0.15, 0.2) is 11.6 Å². The largest absolute Gasteiger partial charge is 0.278 e. The second-order valence-corrected chi connectivity index (χ2v) is 14.1.